The lowest BCUT2D eigenvalue weighted by molar-refractivity contribution is -0.115. The van der Waals surface area contributed by atoms with Crippen LogP contribution in [-0.4, -0.2) is 88.2 Å². The highest BCUT2D eigenvalue weighted by Gasteiger charge is 2.43. The topological polar surface area (TPSA) is 141 Å². The lowest BCUT2D eigenvalue weighted by atomic mass is 10.1. The molecule has 2 heterocycles. The normalized spacial score (nSPS) is 22.3. The molecular weight excluding hydrogens is 545 g/mol. The van der Waals surface area contributed by atoms with E-state index >= 15 is 0 Å². The van der Waals surface area contributed by atoms with E-state index < -0.39 is 46.9 Å². The van der Waals surface area contributed by atoms with E-state index in [-0.39, 0.29) is 31.3 Å². The molecule has 2 aromatic heterocycles. The number of alkyl halides is 3. The lowest BCUT2D eigenvalue weighted by Crippen LogP contribution is -2.39. The van der Waals surface area contributed by atoms with Crippen molar-refractivity contribution in [3.8, 4) is 10.6 Å². The molecule has 1 fully saturated rings. The summed E-state index contributed by atoms with van der Waals surface area (Å²) in [5.41, 5.74) is 1.55. The molecule has 15 heteroatoms. The molecule has 0 radical (unpaired) electrons. The van der Waals surface area contributed by atoms with Crippen LogP contribution < -0.4 is 10.6 Å². The minimum atomic E-state index is -4.49. The van der Waals surface area contributed by atoms with Gasteiger partial charge in [0.2, 0.25) is 16.0 Å². The maximum atomic E-state index is 12.8. The summed E-state index contributed by atoms with van der Waals surface area (Å²) in [5, 5.41) is 27.3. The number of para-hydroxylation sites is 1. The number of aliphatic hydroxyl groups is 2. The lowest BCUT2D eigenvalue weighted by Gasteiger charge is -2.24. The van der Waals surface area contributed by atoms with Crippen molar-refractivity contribution in [3.63, 3.8) is 0 Å². The molecule has 3 aromatic rings. The van der Waals surface area contributed by atoms with Crippen molar-refractivity contribution >= 4 is 43.3 Å². The van der Waals surface area contributed by atoms with Crippen LogP contribution in [0.25, 0.3) is 20.8 Å². The van der Waals surface area contributed by atoms with E-state index in [2.05, 4.69) is 25.6 Å². The van der Waals surface area contributed by atoms with Gasteiger partial charge in [0.1, 0.15) is 23.5 Å². The molecule has 0 amide bonds. The quantitative estimate of drug-likeness (QED) is 0.304. The van der Waals surface area contributed by atoms with E-state index in [4.69, 9.17) is 0 Å². The monoisotopic (exact) mass is 574 g/mol. The molecule has 0 aliphatic heterocycles. The highest BCUT2D eigenvalue weighted by Crippen LogP contribution is 2.38. The standard InChI is InChI=1S/C23H29F3N6O4S2/c1-4-32(38(3,35)36)10-13-9-15(19(34)18(13)33)29-20-17(21-30-14-7-5-6-8-16(14)37-21)12(2)28-22(31-20)27-11-23(24,25)26/h5-8,13,15,18-19,33-34H,4,9-11H2,1-3H3,(H2,27,28,29,31)/t13-,15+,18+,19-/m0/s1. The van der Waals surface area contributed by atoms with Crippen LogP contribution in [0.5, 0.6) is 0 Å². The van der Waals surface area contributed by atoms with Crippen molar-refractivity contribution in [3.05, 3.63) is 30.0 Å². The van der Waals surface area contributed by atoms with E-state index in [0.29, 0.717) is 16.3 Å². The number of sulfonamides is 1. The Morgan fingerprint density at radius 3 is 2.50 bits per heavy atom. The molecule has 0 saturated heterocycles. The van der Waals surface area contributed by atoms with Crippen LogP contribution in [0.2, 0.25) is 0 Å². The zero-order valence-electron chi connectivity index (χ0n) is 20.9. The van der Waals surface area contributed by atoms with E-state index in [1.807, 2.05) is 24.3 Å². The van der Waals surface area contributed by atoms with E-state index in [1.54, 1.807) is 13.8 Å². The molecule has 0 unspecified atom stereocenters. The summed E-state index contributed by atoms with van der Waals surface area (Å²) in [5.74, 6) is -0.687. The molecule has 38 heavy (non-hydrogen) atoms. The van der Waals surface area contributed by atoms with Gasteiger partial charge in [0.05, 0.1) is 39.9 Å². The van der Waals surface area contributed by atoms with Gasteiger partial charge in [0.15, 0.2) is 0 Å². The van der Waals surface area contributed by atoms with E-state index in [1.165, 1.54) is 15.6 Å². The second kappa shape index (κ2) is 10.9. The average molecular weight is 575 g/mol. The molecule has 4 atom stereocenters. The third kappa shape index (κ3) is 6.34. The summed E-state index contributed by atoms with van der Waals surface area (Å²) in [6.45, 7) is 2.19. The van der Waals surface area contributed by atoms with Crippen molar-refractivity contribution in [2.24, 2.45) is 5.92 Å². The number of benzene rings is 1. The van der Waals surface area contributed by atoms with Crippen LogP contribution in [0.1, 0.15) is 19.0 Å². The maximum absolute atomic E-state index is 12.8. The van der Waals surface area contributed by atoms with Crippen LogP contribution in [-0.2, 0) is 10.0 Å². The number of aryl methyl sites for hydroxylation is 1. The number of hydrogen-bond acceptors (Lipinski definition) is 10. The summed E-state index contributed by atoms with van der Waals surface area (Å²) < 4.78 is 64.7. The molecule has 4 N–H and O–H groups in total. The third-order valence-electron chi connectivity index (χ3n) is 6.43. The third-order valence-corrected chi connectivity index (χ3v) is 8.83. The van der Waals surface area contributed by atoms with Gasteiger partial charge in [-0.05, 0) is 25.5 Å². The Bertz CT molecular complexity index is 1370. The Balaban J connectivity index is 1.68. The fourth-order valence-corrected chi connectivity index (χ4v) is 6.55. The fraction of sp³-hybridized carbons (Fsp3) is 0.522. The minimum Gasteiger partial charge on any atom is -0.390 e. The van der Waals surface area contributed by atoms with E-state index in [9.17, 15) is 31.8 Å². The minimum absolute atomic E-state index is 0.0116. The zero-order valence-corrected chi connectivity index (χ0v) is 22.5. The first kappa shape index (κ1) is 28.4. The molecule has 1 aliphatic carbocycles. The zero-order chi connectivity index (χ0) is 27.8. The number of aromatic nitrogens is 3. The molecule has 1 saturated carbocycles. The predicted octanol–water partition coefficient (Wildman–Crippen LogP) is 2.84. The second-order valence-electron chi connectivity index (χ2n) is 9.25. The average Bonchev–Trinajstić information content (AvgIpc) is 3.36. The molecule has 0 spiro atoms. The highest BCUT2D eigenvalue weighted by molar-refractivity contribution is 7.88. The summed E-state index contributed by atoms with van der Waals surface area (Å²) in [6.07, 6.45) is -5.71. The summed E-state index contributed by atoms with van der Waals surface area (Å²) in [4.78, 5) is 13.1. The SMILES string of the molecule is CCN(C[C@@H]1C[C@@H](Nc2nc(NCC(F)(F)F)nc(C)c2-c2nc3ccccc3s2)[C@H](O)[C@@H]1O)S(C)(=O)=O. The number of nitrogens with zero attached hydrogens (tertiary/aromatic N) is 4. The number of thiazole rings is 1. The van der Waals surface area contributed by atoms with Gasteiger partial charge >= 0.3 is 6.18 Å². The van der Waals surface area contributed by atoms with Crippen molar-refractivity contribution < 1.29 is 31.8 Å². The Morgan fingerprint density at radius 1 is 1.16 bits per heavy atom. The van der Waals surface area contributed by atoms with Crippen molar-refractivity contribution in [1.29, 1.82) is 0 Å². The molecule has 4 rings (SSSR count). The highest BCUT2D eigenvalue weighted by atomic mass is 32.2. The number of anilines is 2. The number of nitrogens with one attached hydrogen (secondary N) is 2. The maximum Gasteiger partial charge on any atom is 0.405 e. The van der Waals surface area contributed by atoms with Crippen LogP contribution in [0.4, 0.5) is 24.9 Å². The number of fused-ring (bicyclic) bond motifs is 1. The molecule has 1 aliphatic rings. The summed E-state index contributed by atoms with van der Waals surface area (Å²) >= 11 is 1.36. The summed E-state index contributed by atoms with van der Waals surface area (Å²) in [7, 11) is -3.51. The Hall–Kier alpha value is -2.59. The van der Waals surface area contributed by atoms with Crippen molar-refractivity contribution in [2.75, 3.05) is 36.5 Å². The first-order valence-electron chi connectivity index (χ1n) is 11.9. The first-order valence-corrected chi connectivity index (χ1v) is 14.6. The Morgan fingerprint density at radius 2 is 1.87 bits per heavy atom. The van der Waals surface area contributed by atoms with Crippen LogP contribution in [0, 0.1) is 12.8 Å². The van der Waals surface area contributed by atoms with Crippen molar-refractivity contribution in [2.45, 2.75) is 44.7 Å². The molecule has 208 valence electrons. The number of halogens is 3. The molecular formula is C23H29F3N6O4S2. The number of aliphatic hydroxyl groups excluding tert-OH is 2. The first-order chi connectivity index (χ1) is 17.8. The van der Waals surface area contributed by atoms with Gasteiger partial charge < -0.3 is 20.8 Å². The molecule has 1 aromatic carbocycles. The van der Waals surface area contributed by atoms with Crippen LogP contribution in [0.3, 0.4) is 0 Å². The van der Waals surface area contributed by atoms with Crippen molar-refractivity contribution in [1.82, 2.24) is 19.3 Å². The summed E-state index contributed by atoms with van der Waals surface area (Å²) in [6, 6.07) is 6.67. The van der Waals surface area contributed by atoms with Gasteiger partial charge in [-0.1, -0.05) is 19.1 Å². The second-order valence-corrected chi connectivity index (χ2v) is 12.3. The fourth-order valence-electron chi connectivity index (χ4n) is 4.56. The smallest absolute Gasteiger partial charge is 0.390 e. The van der Waals surface area contributed by atoms with Gasteiger partial charge in [0, 0.05) is 19.0 Å². The Kier molecular flexibility index (Phi) is 8.14. The van der Waals surface area contributed by atoms with Crippen LogP contribution >= 0.6 is 11.3 Å². The van der Waals surface area contributed by atoms with Gasteiger partial charge in [-0.3, -0.25) is 0 Å². The number of hydrogen-bond donors (Lipinski definition) is 4. The van der Waals surface area contributed by atoms with Gasteiger partial charge in [-0.15, -0.1) is 11.3 Å². The number of rotatable bonds is 9. The Labute approximate surface area is 222 Å². The van der Waals surface area contributed by atoms with Crippen LogP contribution in [0.15, 0.2) is 24.3 Å². The van der Waals surface area contributed by atoms with Gasteiger partial charge in [-0.2, -0.15) is 18.2 Å². The molecule has 10 nitrogen and oxygen atoms in total. The van der Waals surface area contributed by atoms with Gasteiger partial charge in [0.25, 0.3) is 0 Å². The largest absolute Gasteiger partial charge is 0.405 e. The molecule has 0 bridgehead atoms. The van der Waals surface area contributed by atoms with E-state index in [0.717, 1.165) is 16.5 Å². The van der Waals surface area contributed by atoms with Gasteiger partial charge in [-0.25, -0.2) is 22.7 Å². The predicted molar refractivity (Wildman–Crippen MR) is 140 cm³/mol.